The largest absolute Gasteiger partial charge is 0.478 e. The van der Waals surface area contributed by atoms with Gasteiger partial charge in [0.05, 0.1) is 0 Å². The van der Waals surface area contributed by atoms with Crippen molar-refractivity contribution in [2.24, 2.45) is 5.92 Å². The van der Waals surface area contributed by atoms with Crippen LogP contribution in [0.2, 0.25) is 5.15 Å². The van der Waals surface area contributed by atoms with Gasteiger partial charge in [-0.05, 0) is 37.3 Å². The molecule has 0 bridgehead atoms. The van der Waals surface area contributed by atoms with Crippen molar-refractivity contribution in [1.29, 1.82) is 0 Å². The van der Waals surface area contributed by atoms with E-state index in [2.05, 4.69) is 23.7 Å². The van der Waals surface area contributed by atoms with E-state index in [0.717, 1.165) is 25.8 Å². The Kier molecular flexibility index (Phi) is 5.45. The fourth-order valence-electron chi connectivity index (χ4n) is 2.89. The van der Waals surface area contributed by atoms with Crippen molar-refractivity contribution in [3.8, 4) is 0 Å². The highest BCUT2D eigenvalue weighted by molar-refractivity contribution is 6.29. The fourth-order valence-corrected chi connectivity index (χ4v) is 3.03. The number of rotatable bonds is 6. The number of aromatic carboxylic acids is 1. The van der Waals surface area contributed by atoms with Crippen molar-refractivity contribution in [3.63, 3.8) is 0 Å². The molecule has 1 saturated carbocycles. The standard InChI is InChI=1S/C16H23ClN2O2/c1-11(2)9-10-19(12-5-3-4-6-12)15-13(16(20)21)7-8-14(17)18-15/h7-8,11-12H,3-6,9-10H2,1-2H3,(H,20,21). The molecule has 4 nitrogen and oxygen atoms in total. The van der Waals surface area contributed by atoms with E-state index in [4.69, 9.17) is 11.6 Å². The van der Waals surface area contributed by atoms with Crippen LogP contribution in [0.5, 0.6) is 0 Å². The minimum absolute atomic E-state index is 0.245. The number of aromatic nitrogens is 1. The van der Waals surface area contributed by atoms with Crippen LogP contribution in [0.4, 0.5) is 5.82 Å². The van der Waals surface area contributed by atoms with Gasteiger partial charge in [-0.25, -0.2) is 9.78 Å². The first kappa shape index (κ1) is 16.1. The minimum atomic E-state index is -0.943. The van der Waals surface area contributed by atoms with Gasteiger partial charge in [-0.2, -0.15) is 0 Å². The molecule has 0 unspecified atom stereocenters. The molecule has 1 heterocycles. The molecule has 0 aromatic carbocycles. The third kappa shape index (κ3) is 4.10. The highest BCUT2D eigenvalue weighted by Gasteiger charge is 2.27. The number of anilines is 1. The zero-order chi connectivity index (χ0) is 15.4. The Hall–Kier alpha value is -1.29. The van der Waals surface area contributed by atoms with Crippen molar-refractivity contribution in [1.82, 2.24) is 4.98 Å². The predicted octanol–water partition coefficient (Wildman–Crippen LogP) is 4.23. The van der Waals surface area contributed by atoms with Crippen LogP contribution in [0.1, 0.15) is 56.3 Å². The third-order valence-electron chi connectivity index (χ3n) is 4.06. The number of carboxylic acids is 1. The molecule has 0 radical (unpaired) electrons. The number of hydrogen-bond acceptors (Lipinski definition) is 3. The number of carbonyl (C=O) groups is 1. The maximum atomic E-state index is 11.5. The number of carboxylic acid groups (broad SMARTS) is 1. The van der Waals surface area contributed by atoms with Gasteiger partial charge in [0.15, 0.2) is 0 Å². The lowest BCUT2D eigenvalue weighted by molar-refractivity contribution is 0.0697. The highest BCUT2D eigenvalue weighted by atomic mass is 35.5. The summed E-state index contributed by atoms with van der Waals surface area (Å²) in [7, 11) is 0. The average Bonchev–Trinajstić information content (AvgIpc) is 2.92. The monoisotopic (exact) mass is 310 g/mol. The van der Waals surface area contributed by atoms with E-state index in [0.29, 0.717) is 22.9 Å². The molecule has 2 rings (SSSR count). The average molecular weight is 311 g/mol. The predicted molar refractivity (Wildman–Crippen MR) is 85.3 cm³/mol. The van der Waals surface area contributed by atoms with Crippen molar-refractivity contribution in [3.05, 3.63) is 22.8 Å². The number of nitrogens with zero attached hydrogens (tertiary/aromatic N) is 2. The molecule has 0 saturated heterocycles. The van der Waals surface area contributed by atoms with Gasteiger partial charge in [-0.3, -0.25) is 0 Å². The van der Waals surface area contributed by atoms with Gasteiger partial charge in [-0.15, -0.1) is 0 Å². The first-order valence-electron chi connectivity index (χ1n) is 7.65. The first-order valence-corrected chi connectivity index (χ1v) is 8.03. The van der Waals surface area contributed by atoms with Crippen LogP contribution in [-0.2, 0) is 0 Å². The first-order chi connectivity index (χ1) is 9.99. The minimum Gasteiger partial charge on any atom is -0.478 e. The Balaban J connectivity index is 2.34. The molecule has 1 N–H and O–H groups in total. The smallest absolute Gasteiger partial charge is 0.339 e. The van der Waals surface area contributed by atoms with Gasteiger partial charge in [0.2, 0.25) is 0 Å². The molecule has 1 fully saturated rings. The summed E-state index contributed by atoms with van der Waals surface area (Å²) in [5.74, 6) is 0.158. The van der Waals surface area contributed by atoms with E-state index in [1.165, 1.54) is 12.8 Å². The zero-order valence-electron chi connectivity index (χ0n) is 12.7. The lowest BCUT2D eigenvalue weighted by Crippen LogP contribution is -2.36. The summed E-state index contributed by atoms with van der Waals surface area (Å²) < 4.78 is 0. The van der Waals surface area contributed by atoms with Crippen LogP contribution >= 0.6 is 11.6 Å². The zero-order valence-corrected chi connectivity index (χ0v) is 13.4. The van der Waals surface area contributed by atoms with Crippen LogP contribution in [0.3, 0.4) is 0 Å². The Labute approximate surface area is 131 Å². The lowest BCUT2D eigenvalue weighted by atomic mass is 10.1. The van der Waals surface area contributed by atoms with Crippen LogP contribution in [0, 0.1) is 5.92 Å². The van der Waals surface area contributed by atoms with Crippen molar-refractivity contribution < 1.29 is 9.90 Å². The summed E-state index contributed by atoms with van der Waals surface area (Å²) >= 11 is 6.00. The Morgan fingerprint density at radius 3 is 2.67 bits per heavy atom. The van der Waals surface area contributed by atoms with Gasteiger partial charge in [0, 0.05) is 12.6 Å². The van der Waals surface area contributed by atoms with Crippen molar-refractivity contribution >= 4 is 23.4 Å². The molecule has 0 amide bonds. The van der Waals surface area contributed by atoms with Gasteiger partial charge < -0.3 is 10.0 Å². The van der Waals surface area contributed by atoms with Crippen molar-refractivity contribution in [2.45, 2.75) is 52.0 Å². The topological polar surface area (TPSA) is 53.4 Å². The maximum absolute atomic E-state index is 11.5. The van der Waals surface area contributed by atoms with E-state index in [-0.39, 0.29) is 5.56 Å². The van der Waals surface area contributed by atoms with E-state index < -0.39 is 5.97 Å². The van der Waals surface area contributed by atoms with Crippen LogP contribution in [0.25, 0.3) is 0 Å². The summed E-state index contributed by atoms with van der Waals surface area (Å²) in [6.07, 6.45) is 5.62. The molecule has 116 valence electrons. The van der Waals surface area contributed by atoms with Crippen molar-refractivity contribution in [2.75, 3.05) is 11.4 Å². The second-order valence-corrected chi connectivity index (χ2v) is 6.51. The SMILES string of the molecule is CC(C)CCN(c1nc(Cl)ccc1C(=O)O)C1CCCC1. The summed E-state index contributed by atoms with van der Waals surface area (Å²) in [5, 5.41) is 9.77. The number of halogens is 1. The van der Waals surface area contributed by atoms with Gasteiger partial charge in [0.1, 0.15) is 16.5 Å². The summed E-state index contributed by atoms with van der Waals surface area (Å²) in [5.41, 5.74) is 0.245. The molecule has 5 heteroatoms. The third-order valence-corrected chi connectivity index (χ3v) is 4.27. The van der Waals surface area contributed by atoms with Gasteiger partial charge in [0.25, 0.3) is 0 Å². The molecule has 1 aliphatic carbocycles. The second kappa shape index (κ2) is 7.12. The quantitative estimate of drug-likeness (QED) is 0.799. The van der Waals surface area contributed by atoms with Crippen LogP contribution in [0.15, 0.2) is 12.1 Å². The molecule has 1 aromatic rings. The Bertz CT molecular complexity index is 499. The highest BCUT2D eigenvalue weighted by Crippen LogP contribution is 2.31. The molecular weight excluding hydrogens is 288 g/mol. The van der Waals surface area contributed by atoms with E-state index >= 15 is 0 Å². The van der Waals surface area contributed by atoms with E-state index in [1.807, 2.05) is 0 Å². The molecule has 21 heavy (non-hydrogen) atoms. The molecule has 0 aliphatic heterocycles. The second-order valence-electron chi connectivity index (χ2n) is 6.12. The molecular formula is C16H23ClN2O2. The number of pyridine rings is 1. The summed E-state index contributed by atoms with van der Waals surface area (Å²) in [4.78, 5) is 18.0. The molecule has 0 spiro atoms. The molecule has 1 aromatic heterocycles. The summed E-state index contributed by atoms with van der Waals surface area (Å²) in [6.45, 7) is 5.18. The fraction of sp³-hybridized carbons (Fsp3) is 0.625. The normalized spacial score (nSPS) is 15.6. The maximum Gasteiger partial charge on any atom is 0.339 e. The van der Waals surface area contributed by atoms with Gasteiger partial charge in [-0.1, -0.05) is 38.3 Å². The van der Waals surface area contributed by atoms with E-state index in [1.54, 1.807) is 12.1 Å². The Morgan fingerprint density at radius 2 is 2.10 bits per heavy atom. The lowest BCUT2D eigenvalue weighted by Gasteiger charge is -2.31. The Morgan fingerprint density at radius 1 is 1.43 bits per heavy atom. The summed E-state index contributed by atoms with van der Waals surface area (Å²) in [6, 6.07) is 3.49. The van der Waals surface area contributed by atoms with E-state index in [9.17, 15) is 9.90 Å². The molecule has 0 atom stereocenters. The van der Waals surface area contributed by atoms with Gasteiger partial charge >= 0.3 is 5.97 Å². The molecule has 1 aliphatic rings. The number of hydrogen-bond donors (Lipinski definition) is 1. The van der Waals surface area contributed by atoms with Crippen LogP contribution < -0.4 is 4.90 Å². The van der Waals surface area contributed by atoms with Crippen LogP contribution in [-0.4, -0.2) is 28.6 Å².